The van der Waals surface area contributed by atoms with Gasteiger partial charge in [-0.05, 0) is 60.9 Å². The van der Waals surface area contributed by atoms with Crippen molar-refractivity contribution in [1.29, 1.82) is 0 Å². The first-order valence-corrected chi connectivity index (χ1v) is 7.64. The van der Waals surface area contributed by atoms with Gasteiger partial charge in [-0.1, -0.05) is 24.3 Å². The van der Waals surface area contributed by atoms with Crippen molar-refractivity contribution < 1.29 is 19.1 Å². The van der Waals surface area contributed by atoms with Crippen molar-refractivity contribution in [2.24, 2.45) is 0 Å². The van der Waals surface area contributed by atoms with E-state index in [0.29, 0.717) is 11.5 Å². The predicted octanol–water partition coefficient (Wildman–Crippen LogP) is 3.89. The van der Waals surface area contributed by atoms with Crippen LogP contribution >= 0.6 is 0 Å². The molecule has 124 valence electrons. The molecule has 2 aromatic carbocycles. The molecular formula is C20H20O4. The van der Waals surface area contributed by atoms with E-state index in [1.54, 1.807) is 18.2 Å². The Morgan fingerprint density at radius 3 is 2.25 bits per heavy atom. The first kappa shape index (κ1) is 17.5. The molecule has 4 nitrogen and oxygen atoms in total. The van der Waals surface area contributed by atoms with E-state index < -0.39 is 0 Å². The summed E-state index contributed by atoms with van der Waals surface area (Å²) in [4.78, 5) is 23.0. The van der Waals surface area contributed by atoms with Gasteiger partial charge in [0.1, 0.15) is 11.5 Å². The first-order chi connectivity index (χ1) is 11.5. The highest BCUT2D eigenvalue weighted by molar-refractivity contribution is 5.94. The Hall–Kier alpha value is -2.88. The van der Waals surface area contributed by atoms with Gasteiger partial charge in [-0.15, -0.1) is 0 Å². The van der Waals surface area contributed by atoms with Crippen LogP contribution in [0.15, 0.2) is 48.5 Å². The molecule has 0 saturated heterocycles. The van der Waals surface area contributed by atoms with E-state index in [4.69, 9.17) is 9.47 Å². The van der Waals surface area contributed by atoms with Crippen molar-refractivity contribution in [2.75, 3.05) is 6.61 Å². The minimum atomic E-state index is -0.349. The second-order valence-corrected chi connectivity index (χ2v) is 5.48. The summed E-state index contributed by atoms with van der Waals surface area (Å²) in [6.07, 6.45) is 3.22. The molecule has 4 heteroatoms. The standard InChI is InChI=1S/C20H20O4/c1-14-11-17(12-15(2)20(14)24-16(3)21)9-10-18(22)13-23-19-7-5-4-6-8-19/h4-12H,13H2,1-3H3/b10-9+. The van der Waals surface area contributed by atoms with Crippen molar-refractivity contribution in [2.45, 2.75) is 20.8 Å². The van der Waals surface area contributed by atoms with Gasteiger partial charge < -0.3 is 9.47 Å². The summed E-state index contributed by atoms with van der Waals surface area (Å²) in [5.41, 5.74) is 2.56. The molecule has 0 bridgehead atoms. The van der Waals surface area contributed by atoms with E-state index in [1.807, 2.05) is 44.2 Å². The highest BCUT2D eigenvalue weighted by Crippen LogP contribution is 2.25. The number of hydrogen-bond acceptors (Lipinski definition) is 4. The summed E-state index contributed by atoms with van der Waals surface area (Å²) in [5, 5.41) is 0. The quantitative estimate of drug-likeness (QED) is 0.459. The van der Waals surface area contributed by atoms with Crippen molar-refractivity contribution in [1.82, 2.24) is 0 Å². The molecule has 2 rings (SSSR count). The SMILES string of the molecule is CC(=O)Oc1c(C)cc(/C=C/C(=O)COc2ccccc2)cc1C. The number of hydrogen-bond donors (Lipinski definition) is 0. The Kier molecular flexibility index (Phi) is 5.90. The monoisotopic (exact) mass is 324 g/mol. The third-order valence-electron chi connectivity index (χ3n) is 3.31. The minimum absolute atomic E-state index is 0.00991. The van der Waals surface area contributed by atoms with Gasteiger partial charge in [-0.25, -0.2) is 0 Å². The number of ether oxygens (including phenoxy) is 2. The molecule has 2 aromatic rings. The van der Waals surface area contributed by atoms with Crippen LogP contribution in [-0.4, -0.2) is 18.4 Å². The van der Waals surface area contributed by atoms with Crippen LogP contribution < -0.4 is 9.47 Å². The lowest BCUT2D eigenvalue weighted by molar-refractivity contribution is -0.132. The molecule has 0 amide bonds. The van der Waals surface area contributed by atoms with Gasteiger partial charge in [0.2, 0.25) is 0 Å². The fourth-order valence-electron chi connectivity index (χ4n) is 2.29. The van der Waals surface area contributed by atoms with Crippen LogP contribution in [0.4, 0.5) is 0 Å². The number of benzene rings is 2. The van der Waals surface area contributed by atoms with Crippen LogP contribution in [0.1, 0.15) is 23.6 Å². The van der Waals surface area contributed by atoms with Crippen molar-refractivity contribution >= 4 is 17.8 Å². The number of aryl methyl sites for hydroxylation is 2. The second-order valence-electron chi connectivity index (χ2n) is 5.48. The smallest absolute Gasteiger partial charge is 0.308 e. The van der Waals surface area contributed by atoms with Crippen LogP contribution in [0, 0.1) is 13.8 Å². The number of esters is 1. The van der Waals surface area contributed by atoms with E-state index in [0.717, 1.165) is 16.7 Å². The molecule has 0 heterocycles. The summed E-state index contributed by atoms with van der Waals surface area (Å²) < 4.78 is 10.6. The number of carbonyl (C=O) groups excluding carboxylic acids is 2. The molecule has 0 spiro atoms. The van der Waals surface area contributed by atoms with Crippen molar-refractivity contribution in [3.63, 3.8) is 0 Å². The second kappa shape index (κ2) is 8.11. The van der Waals surface area contributed by atoms with Crippen LogP contribution in [0.25, 0.3) is 6.08 Å². The van der Waals surface area contributed by atoms with Gasteiger partial charge in [-0.3, -0.25) is 9.59 Å². The lowest BCUT2D eigenvalue weighted by atomic mass is 10.0. The van der Waals surface area contributed by atoms with Crippen molar-refractivity contribution in [3.05, 3.63) is 65.2 Å². The summed E-state index contributed by atoms with van der Waals surface area (Å²) in [5.74, 6) is 0.756. The average Bonchev–Trinajstić information content (AvgIpc) is 2.55. The lowest BCUT2D eigenvalue weighted by Crippen LogP contribution is -2.08. The molecule has 0 unspecified atom stereocenters. The Labute approximate surface area is 141 Å². The zero-order chi connectivity index (χ0) is 17.5. The zero-order valence-electron chi connectivity index (χ0n) is 14.0. The fraction of sp³-hybridized carbons (Fsp3) is 0.200. The van der Waals surface area contributed by atoms with Crippen molar-refractivity contribution in [3.8, 4) is 11.5 Å². The van der Waals surface area contributed by atoms with Crippen LogP contribution in [0.3, 0.4) is 0 Å². The maximum absolute atomic E-state index is 11.9. The minimum Gasteiger partial charge on any atom is -0.485 e. The predicted molar refractivity (Wildman–Crippen MR) is 93.2 cm³/mol. The molecule has 0 aliphatic carbocycles. The molecule has 0 aliphatic rings. The third-order valence-corrected chi connectivity index (χ3v) is 3.31. The highest BCUT2D eigenvalue weighted by atomic mass is 16.5. The molecule has 0 aliphatic heterocycles. The number of ketones is 1. The largest absolute Gasteiger partial charge is 0.485 e. The molecule has 0 saturated carbocycles. The number of rotatable bonds is 6. The highest BCUT2D eigenvalue weighted by Gasteiger charge is 2.08. The summed E-state index contributed by atoms with van der Waals surface area (Å²) >= 11 is 0. The Morgan fingerprint density at radius 2 is 1.67 bits per heavy atom. The number of carbonyl (C=O) groups is 2. The Morgan fingerprint density at radius 1 is 1.04 bits per heavy atom. The normalized spacial score (nSPS) is 10.6. The molecule has 0 aromatic heterocycles. The van der Waals surface area contributed by atoms with Crippen LogP contribution in [0.2, 0.25) is 0 Å². The molecule has 0 N–H and O–H groups in total. The topological polar surface area (TPSA) is 52.6 Å². The van der Waals surface area contributed by atoms with Gasteiger partial charge in [0.25, 0.3) is 0 Å². The molecule has 0 fully saturated rings. The average molecular weight is 324 g/mol. The molecule has 0 atom stereocenters. The van der Waals surface area contributed by atoms with Crippen LogP contribution in [-0.2, 0) is 9.59 Å². The number of para-hydroxylation sites is 1. The van der Waals surface area contributed by atoms with Gasteiger partial charge in [-0.2, -0.15) is 0 Å². The molecule has 0 radical (unpaired) electrons. The van der Waals surface area contributed by atoms with Gasteiger partial charge in [0, 0.05) is 6.92 Å². The molecular weight excluding hydrogens is 304 g/mol. The van der Waals surface area contributed by atoms with Gasteiger partial charge in [0.15, 0.2) is 12.4 Å². The van der Waals surface area contributed by atoms with E-state index >= 15 is 0 Å². The van der Waals surface area contributed by atoms with E-state index in [9.17, 15) is 9.59 Å². The van der Waals surface area contributed by atoms with Gasteiger partial charge in [0.05, 0.1) is 0 Å². The maximum Gasteiger partial charge on any atom is 0.308 e. The van der Waals surface area contributed by atoms with E-state index in [-0.39, 0.29) is 18.4 Å². The van der Waals surface area contributed by atoms with Gasteiger partial charge >= 0.3 is 5.97 Å². The summed E-state index contributed by atoms with van der Waals surface area (Å²) in [6, 6.07) is 12.9. The Bertz CT molecular complexity index is 737. The fourth-order valence-corrected chi connectivity index (χ4v) is 2.29. The maximum atomic E-state index is 11.9. The van der Waals surface area contributed by atoms with E-state index in [1.165, 1.54) is 13.0 Å². The van der Waals surface area contributed by atoms with Crippen LogP contribution in [0.5, 0.6) is 11.5 Å². The first-order valence-electron chi connectivity index (χ1n) is 7.64. The summed E-state index contributed by atoms with van der Waals surface area (Å²) in [7, 11) is 0. The third kappa shape index (κ3) is 5.09. The zero-order valence-corrected chi connectivity index (χ0v) is 14.0. The Balaban J connectivity index is 2.00. The molecule has 24 heavy (non-hydrogen) atoms. The summed E-state index contributed by atoms with van der Waals surface area (Å²) in [6.45, 7) is 5.09. The lowest BCUT2D eigenvalue weighted by Gasteiger charge is -2.10. The van der Waals surface area contributed by atoms with E-state index in [2.05, 4.69) is 0 Å².